The van der Waals surface area contributed by atoms with Crippen molar-refractivity contribution in [1.82, 2.24) is 5.32 Å². The maximum Gasteiger partial charge on any atom is 0.169 e. The highest BCUT2D eigenvalue weighted by atomic mass is 16.7. The van der Waals surface area contributed by atoms with Crippen LogP contribution < -0.4 is 5.32 Å². The molecule has 0 bridgehead atoms. The second-order valence-electron chi connectivity index (χ2n) is 3.79. The van der Waals surface area contributed by atoms with Gasteiger partial charge in [0.2, 0.25) is 0 Å². The predicted octanol–water partition coefficient (Wildman–Crippen LogP) is 2.55. The summed E-state index contributed by atoms with van der Waals surface area (Å²) in [6, 6.07) is 0.549. The van der Waals surface area contributed by atoms with Crippen molar-refractivity contribution in [3.8, 4) is 0 Å². The molecule has 0 saturated carbocycles. The van der Waals surface area contributed by atoms with Crippen LogP contribution in [0.15, 0.2) is 0 Å². The summed E-state index contributed by atoms with van der Waals surface area (Å²) in [4.78, 5) is 0. The van der Waals surface area contributed by atoms with Gasteiger partial charge in [0.1, 0.15) is 0 Å². The van der Waals surface area contributed by atoms with Crippen molar-refractivity contribution in [3.63, 3.8) is 0 Å². The molecule has 3 heteroatoms. The van der Waals surface area contributed by atoms with Gasteiger partial charge in [-0.15, -0.1) is 0 Å². The van der Waals surface area contributed by atoms with Gasteiger partial charge in [0.25, 0.3) is 0 Å². The van der Waals surface area contributed by atoms with Gasteiger partial charge in [-0.1, -0.05) is 19.8 Å². The Morgan fingerprint density at radius 3 is 2.13 bits per heavy atom. The molecule has 1 N–H and O–H groups in total. The van der Waals surface area contributed by atoms with Gasteiger partial charge >= 0.3 is 0 Å². The first-order valence-corrected chi connectivity index (χ1v) is 6.21. The Labute approximate surface area is 94.5 Å². The van der Waals surface area contributed by atoms with Gasteiger partial charge in [-0.3, -0.25) is 0 Å². The van der Waals surface area contributed by atoms with Crippen LogP contribution in [0.4, 0.5) is 0 Å². The van der Waals surface area contributed by atoms with Crippen LogP contribution in [-0.2, 0) is 9.47 Å². The zero-order valence-corrected chi connectivity index (χ0v) is 10.7. The molecule has 0 spiro atoms. The molecule has 0 aromatic rings. The number of ether oxygens (including phenoxy) is 2. The molecular formula is C12H27NO2. The zero-order chi connectivity index (χ0) is 11.5. The molecule has 0 rings (SSSR count). The topological polar surface area (TPSA) is 30.5 Å². The average molecular weight is 217 g/mol. The van der Waals surface area contributed by atoms with E-state index in [1.165, 1.54) is 19.3 Å². The lowest BCUT2D eigenvalue weighted by atomic mass is 10.1. The van der Waals surface area contributed by atoms with Gasteiger partial charge in [-0.05, 0) is 27.2 Å². The fourth-order valence-electron chi connectivity index (χ4n) is 1.45. The lowest BCUT2D eigenvalue weighted by molar-refractivity contribution is -0.133. The highest BCUT2D eigenvalue weighted by Crippen LogP contribution is 2.00. The van der Waals surface area contributed by atoms with Crippen LogP contribution in [0.5, 0.6) is 0 Å². The fourth-order valence-corrected chi connectivity index (χ4v) is 1.45. The van der Waals surface area contributed by atoms with E-state index in [1.807, 2.05) is 13.8 Å². The van der Waals surface area contributed by atoms with Crippen molar-refractivity contribution in [2.75, 3.05) is 19.8 Å². The second kappa shape index (κ2) is 10.4. The third-order valence-electron chi connectivity index (χ3n) is 2.33. The Hall–Kier alpha value is -0.120. The second-order valence-corrected chi connectivity index (χ2v) is 3.79. The van der Waals surface area contributed by atoms with Crippen molar-refractivity contribution >= 4 is 0 Å². The number of hydrogen-bond donors (Lipinski definition) is 1. The molecular weight excluding hydrogens is 190 g/mol. The lowest BCUT2D eigenvalue weighted by Gasteiger charge is -2.20. The van der Waals surface area contributed by atoms with E-state index in [2.05, 4.69) is 19.2 Å². The van der Waals surface area contributed by atoms with Gasteiger partial charge in [0.15, 0.2) is 6.29 Å². The first-order valence-electron chi connectivity index (χ1n) is 6.21. The summed E-state index contributed by atoms with van der Waals surface area (Å²) in [5.41, 5.74) is 0. The van der Waals surface area contributed by atoms with Crippen molar-refractivity contribution in [1.29, 1.82) is 0 Å². The molecule has 1 atom stereocenters. The minimum absolute atomic E-state index is 0.0934. The van der Waals surface area contributed by atoms with E-state index in [-0.39, 0.29) is 6.29 Å². The summed E-state index contributed by atoms with van der Waals surface area (Å²) in [7, 11) is 0. The van der Waals surface area contributed by atoms with E-state index in [4.69, 9.17) is 9.47 Å². The minimum atomic E-state index is -0.0934. The number of rotatable bonds is 10. The molecule has 0 aliphatic heterocycles. The average Bonchev–Trinajstić information content (AvgIpc) is 2.23. The van der Waals surface area contributed by atoms with Crippen LogP contribution in [0.25, 0.3) is 0 Å². The van der Waals surface area contributed by atoms with Crippen molar-refractivity contribution in [3.05, 3.63) is 0 Å². The summed E-state index contributed by atoms with van der Waals surface area (Å²) in [6.45, 7) is 10.6. The van der Waals surface area contributed by atoms with Crippen LogP contribution in [0, 0.1) is 0 Å². The lowest BCUT2D eigenvalue weighted by Crippen LogP contribution is -2.36. The zero-order valence-electron chi connectivity index (χ0n) is 10.7. The largest absolute Gasteiger partial charge is 0.352 e. The molecule has 0 aliphatic carbocycles. The fraction of sp³-hybridized carbons (Fsp3) is 1.00. The molecule has 3 nitrogen and oxygen atoms in total. The first-order chi connectivity index (χ1) is 7.24. The third-order valence-corrected chi connectivity index (χ3v) is 2.33. The van der Waals surface area contributed by atoms with Crippen molar-refractivity contribution < 1.29 is 9.47 Å². The van der Waals surface area contributed by atoms with Crippen LogP contribution in [-0.4, -0.2) is 32.1 Å². The van der Waals surface area contributed by atoms with E-state index in [9.17, 15) is 0 Å². The predicted molar refractivity (Wildman–Crippen MR) is 64.0 cm³/mol. The molecule has 0 radical (unpaired) electrons. The monoisotopic (exact) mass is 217 g/mol. The molecule has 0 fully saturated rings. The van der Waals surface area contributed by atoms with E-state index in [0.29, 0.717) is 19.3 Å². The van der Waals surface area contributed by atoms with Gasteiger partial charge in [0, 0.05) is 25.8 Å². The highest BCUT2D eigenvalue weighted by molar-refractivity contribution is 4.61. The Morgan fingerprint density at radius 2 is 1.67 bits per heavy atom. The molecule has 15 heavy (non-hydrogen) atoms. The van der Waals surface area contributed by atoms with Gasteiger partial charge < -0.3 is 14.8 Å². The number of nitrogens with one attached hydrogen (secondary N) is 1. The van der Waals surface area contributed by atoms with Crippen molar-refractivity contribution in [2.45, 2.75) is 59.3 Å². The molecule has 0 amide bonds. The smallest absolute Gasteiger partial charge is 0.169 e. The van der Waals surface area contributed by atoms with Crippen LogP contribution in [0.2, 0.25) is 0 Å². The van der Waals surface area contributed by atoms with Crippen LogP contribution in [0.1, 0.15) is 47.0 Å². The highest BCUT2D eigenvalue weighted by Gasteiger charge is 2.09. The maximum absolute atomic E-state index is 5.45. The summed E-state index contributed by atoms with van der Waals surface area (Å²) < 4.78 is 10.9. The maximum atomic E-state index is 5.45. The Kier molecular flexibility index (Phi) is 10.3. The van der Waals surface area contributed by atoms with E-state index in [0.717, 1.165) is 6.54 Å². The summed E-state index contributed by atoms with van der Waals surface area (Å²) in [5, 5.41) is 3.44. The molecule has 92 valence electrons. The summed E-state index contributed by atoms with van der Waals surface area (Å²) >= 11 is 0. The minimum Gasteiger partial charge on any atom is -0.352 e. The summed E-state index contributed by atoms with van der Waals surface area (Å²) in [5.74, 6) is 0. The Balaban J connectivity index is 3.57. The van der Waals surface area contributed by atoms with Crippen molar-refractivity contribution in [2.24, 2.45) is 0 Å². The number of unbranched alkanes of at least 4 members (excludes halogenated alkanes) is 1. The molecule has 1 unspecified atom stereocenters. The standard InChI is InChI=1S/C12H27NO2/c1-5-8-9-11(4)13-10-12(14-6-2)15-7-3/h11-13H,5-10H2,1-4H3. The molecule has 0 heterocycles. The molecule has 0 aliphatic rings. The van der Waals surface area contributed by atoms with E-state index in [1.54, 1.807) is 0 Å². The molecule has 0 saturated heterocycles. The number of hydrogen-bond acceptors (Lipinski definition) is 3. The summed E-state index contributed by atoms with van der Waals surface area (Å²) in [6.07, 6.45) is 3.67. The molecule has 0 aromatic carbocycles. The first kappa shape index (κ1) is 14.9. The van der Waals surface area contributed by atoms with Crippen LogP contribution >= 0.6 is 0 Å². The molecule has 0 aromatic heterocycles. The van der Waals surface area contributed by atoms with Crippen LogP contribution in [0.3, 0.4) is 0 Å². The van der Waals surface area contributed by atoms with Gasteiger partial charge in [-0.2, -0.15) is 0 Å². The van der Waals surface area contributed by atoms with E-state index < -0.39 is 0 Å². The SMILES string of the molecule is CCCCC(C)NCC(OCC)OCC. The van der Waals surface area contributed by atoms with Gasteiger partial charge in [0.05, 0.1) is 0 Å². The van der Waals surface area contributed by atoms with Gasteiger partial charge in [-0.25, -0.2) is 0 Å². The Morgan fingerprint density at radius 1 is 1.07 bits per heavy atom. The third kappa shape index (κ3) is 8.85. The van der Waals surface area contributed by atoms with E-state index >= 15 is 0 Å². The Bertz CT molecular complexity index is 125. The quantitative estimate of drug-likeness (QED) is 0.570. The normalized spacial score (nSPS) is 13.4.